The molecule has 0 aliphatic carbocycles. The lowest BCUT2D eigenvalue weighted by Crippen LogP contribution is -2.30. The Morgan fingerprint density at radius 1 is 1.33 bits per heavy atom. The first-order chi connectivity index (χ1) is 5.90. The molecule has 12 heavy (non-hydrogen) atoms. The Kier molecular flexibility index (Phi) is 1.86. The molecule has 0 spiro atoms. The summed E-state index contributed by atoms with van der Waals surface area (Å²) in [5, 5.41) is 0. The number of ether oxygens (including phenoxy) is 2. The standard InChI is InChI=1S/C9H9FO2/c10-5-7-6-11-8-3-1-2-4-9(8)12-7/h1-4,7H,5-6H2. The third-order valence-corrected chi connectivity index (χ3v) is 1.74. The smallest absolute Gasteiger partial charge is 0.161 e. The van der Waals surface area contributed by atoms with Crippen molar-refractivity contribution in [3.8, 4) is 11.5 Å². The number of hydrogen-bond donors (Lipinski definition) is 0. The molecule has 0 bridgehead atoms. The fourth-order valence-electron chi connectivity index (χ4n) is 1.14. The molecule has 0 N–H and O–H groups in total. The van der Waals surface area contributed by atoms with Crippen LogP contribution in [0.3, 0.4) is 0 Å². The van der Waals surface area contributed by atoms with Crippen molar-refractivity contribution in [3.05, 3.63) is 24.3 Å². The molecule has 1 aromatic rings. The summed E-state index contributed by atoms with van der Waals surface area (Å²) < 4.78 is 22.7. The van der Waals surface area contributed by atoms with E-state index < -0.39 is 12.8 Å². The second-order valence-electron chi connectivity index (χ2n) is 2.65. The van der Waals surface area contributed by atoms with Crippen LogP contribution in [0, 0.1) is 0 Å². The van der Waals surface area contributed by atoms with Crippen LogP contribution in [0.1, 0.15) is 0 Å². The minimum Gasteiger partial charge on any atom is -0.486 e. The van der Waals surface area contributed by atoms with Crippen molar-refractivity contribution >= 4 is 0 Å². The molecule has 0 radical (unpaired) electrons. The van der Waals surface area contributed by atoms with Crippen molar-refractivity contribution in [1.82, 2.24) is 0 Å². The first-order valence-electron chi connectivity index (χ1n) is 3.84. The van der Waals surface area contributed by atoms with Gasteiger partial charge in [0.2, 0.25) is 0 Å². The molecule has 1 aliphatic heterocycles. The van der Waals surface area contributed by atoms with Crippen LogP contribution in [0.15, 0.2) is 24.3 Å². The minimum atomic E-state index is -0.506. The molecule has 0 amide bonds. The highest BCUT2D eigenvalue weighted by molar-refractivity contribution is 5.40. The second-order valence-corrected chi connectivity index (χ2v) is 2.65. The number of hydrogen-bond acceptors (Lipinski definition) is 2. The van der Waals surface area contributed by atoms with Gasteiger partial charge in [-0.1, -0.05) is 12.1 Å². The minimum absolute atomic E-state index is 0.299. The lowest BCUT2D eigenvalue weighted by atomic mass is 10.3. The predicted molar refractivity (Wildman–Crippen MR) is 42.3 cm³/mol. The molecular formula is C9H9FO2. The summed E-state index contributed by atoms with van der Waals surface area (Å²) in [6.07, 6.45) is -0.445. The van der Waals surface area contributed by atoms with Crippen molar-refractivity contribution in [3.63, 3.8) is 0 Å². The largest absolute Gasteiger partial charge is 0.486 e. The van der Waals surface area contributed by atoms with Crippen molar-refractivity contribution in [2.75, 3.05) is 13.3 Å². The van der Waals surface area contributed by atoms with Gasteiger partial charge >= 0.3 is 0 Å². The van der Waals surface area contributed by atoms with Crippen molar-refractivity contribution in [2.24, 2.45) is 0 Å². The summed E-state index contributed by atoms with van der Waals surface area (Å²) in [5.74, 6) is 1.33. The Morgan fingerprint density at radius 3 is 2.83 bits per heavy atom. The average molecular weight is 168 g/mol. The van der Waals surface area contributed by atoms with E-state index in [1.165, 1.54) is 0 Å². The number of alkyl halides is 1. The monoisotopic (exact) mass is 168 g/mol. The highest BCUT2D eigenvalue weighted by Gasteiger charge is 2.19. The van der Waals surface area contributed by atoms with Crippen LogP contribution in [0.4, 0.5) is 4.39 Å². The average Bonchev–Trinajstić information content (AvgIpc) is 2.17. The SMILES string of the molecule is FCC1COc2ccccc2O1. The highest BCUT2D eigenvalue weighted by Crippen LogP contribution is 2.30. The normalized spacial score (nSPS) is 20.6. The van der Waals surface area contributed by atoms with Gasteiger partial charge in [0, 0.05) is 0 Å². The molecule has 64 valence electrons. The van der Waals surface area contributed by atoms with Gasteiger partial charge in [0.25, 0.3) is 0 Å². The van der Waals surface area contributed by atoms with Gasteiger partial charge in [-0.2, -0.15) is 0 Å². The maximum Gasteiger partial charge on any atom is 0.161 e. The van der Waals surface area contributed by atoms with Gasteiger partial charge in [-0.15, -0.1) is 0 Å². The lowest BCUT2D eigenvalue weighted by molar-refractivity contribution is 0.0718. The van der Waals surface area contributed by atoms with Crippen LogP contribution in [0.25, 0.3) is 0 Å². The zero-order chi connectivity index (χ0) is 8.39. The number of para-hydroxylation sites is 2. The molecule has 1 aliphatic rings. The van der Waals surface area contributed by atoms with E-state index in [0.29, 0.717) is 18.1 Å². The molecule has 0 fully saturated rings. The van der Waals surface area contributed by atoms with E-state index in [-0.39, 0.29) is 0 Å². The first-order valence-corrected chi connectivity index (χ1v) is 3.84. The second kappa shape index (κ2) is 3.01. The molecule has 1 atom stereocenters. The Hall–Kier alpha value is -1.25. The van der Waals surface area contributed by atoms with Gasteiger partial charge in [-0.3, -0.25) is 0 Å². The Balaban J connectivity index is 2.23. The van der Waals surface area contributed by atoms with Crippen LogP contribution < -0.4 is 9.47 Å². The van der Waals surface area contributed by atoms with E-state index in [2.05, 4.69) is 0 Å². The van der Waals surface area contributed by atoms with Gasteiger partial charge < -0.3 is 9.47 Å². The molecule has 1 aromatic carbocycles. The van der Waals surface area contributed by atoms with Gasteiger partial charge in [0.15, 0.2) is 17.6 Å². The number of benzene rings is 1. The zero-order valence-electron chi connectivity index (χ0n) is 6.50. The number of halogens is 1. The van der Waals surface area contributed by atoms with Crippen LogP contribution in [-0.2, 0) is 0 Å². The maximum absolute atomic E-state index is 12.2. The third-order valence-electron chi connectivity index (χ3n) is 1.74. The zero-order valence-corrected chi connectivity index (χ0v) is 6.50. The summed E-state index contributed by atoms with van der Waals surface area (Å²) in [6, 6.07) is 7.28. The van der Waals surface area contributed by atoms with E-state index in [0.717, 1.165) is 0 Å². The number of fused-ring (bicyclic) bond motifs is 1. The van der Waals surface area contributed by atoms with E-state index >= 15 is 0 Å². The quantitative estimate of drug-likeness (QED) is 0.636. The van der Waals surface area contributed by atoms with E-state index in [1.54, 1.807) is 6.07 Å². The van der Waals surface area contributed by atoms with Crippen LogP contribution >= 0.6 is 0 Å². The van der Waals surface area contributed by atoms with Gasteiger partial charge in [0.05, 0.1) is 0 Å². The molecular weight excluding hydrogens is 159 g/mol. The molecule has 1 heterocycles. The van der Waals surface area contributed by atoms with Crippen LogP contribution in [0.2, 0.25) is 0 Å². The van der Waals surface area contributed by atoms with Crippen molar-refractivity contribution in [1.29, 1.82) is 0 Å². The van der Waals surface area contributed by atoms with E-state index in [1.807, 2.05) is 18.2 Å². The lowest BCUT2D eigenvalue weighted by Gasteiger charge is -2.24. The predicted octanol–water partition coefficient (Wildman–Crippen LogP) is 1.80. The number of rotatable bonds is 1. The molecule has 2 rings (SSSR count). The van der Waals surface area contributed by atoms with Crippen LogP contribution in [0.5, 0.6) is 11.5 Å². The summed E-state index contributed by atoms with van der Waals surface area (Å²) in [4.78, 5) is 0. The summed E-state index contributed by atoms with van der Waals surface area (Å²) in [5.41, 5.74) is 0. The Morgan fingerprint density at radius 2 is 2.08 bits per heavy atom. The summed E-state index contributed by atoms with van der Waals surface area (Å²) >= 11 is 0. The Labute approximate surface area is 69.9 Å². The molecule has 0 saturated heterocycles. The molecule has 0 saturated carbocycles. The van der Waals surface area contributed by atoms with Gasteiger partial charge in [0.1, 0.15) is 13.3 Å². The topological polar surface area (TPSA) is 18.5 Å². The summed E-state index contributed by atoms with van der Waals surface area (Å²) in [6.45, 7) is -0.207. The molecule has 0 aromatic heterocycles. The van der Waals surface area contributed by atoms with Crippen LogP contribution in [-0.4, -0.2) is 19.4 Å². The van der Waals surface area contributed by atoms with Crippen molar-refractivity contribution in [2.45, 2.75) is 6.10 Å². The summed E-state index contributed by atoms with van der Waals surface area (Å²) in [7, 11) is 0. The fraction of sp³-hybridized carbons (Fsp3) is 0.333. The molecule has 1 unspecified atom stereocenters. The van der Waals surface area contributed by atoms with Gasteiger partial charge in [-0.25, -0.2) is 4.39 Å². The van der Waals surface area contributed by atoms with E-state index in [9.17, 15) is 4.39 Å². The molecule has 3 heteroatoms. The third kappa shape index (κ3) is 1.22. The highest BCUT2D eigenvalue weighted by atomic mass is 19.1. The first kappa shape index (κ1) is 7.40. The molecule has 2 nitrogen and oxygen atoms in total. The maximum atomic E-state index is 12.2. The van der Waals surface area contributed by atoms with E-state index in [4.69, 9.17) is 9.47 Å². The fourth-order valence-corrected chi connectivity index (χ4v) is 1.14. The van der Waals surface area contributed by atoms with Gasteiger partial charge in [-0.05, 0) is 12.1 Å². The Bertz CT molecular complexity index is 275. The van der Waals surface area contributed by atoms with Crippen molar-refractivity contribution < 1.29 is 13.9 Å².